The lowest BCUT2D eigenvalue weighted by molar-refractivity contribution is -0.136. The van der Waals surface area contributed by atoms with Gasteiger partial charge < -0.3 is 10.1 Å². The summed E-state index contributed by atoms with van der Waals surface area (Å²) in [6.45, 7) is 1.91. The zero-order valence-corrected chi connectivity index (χ0v) is 9.08. The molecule has 2 N–H and O–H groups in total. The van der Waals surface area contributed by atoms with Crippen molar-refractivity contribution in [3.8, 4) is 0 Å². The fourth-order valence-electron chi connectivity index (χ4n) is 1.04. The average Bonchev–Trinajstić information content (AvgIpc) is 2.17. The van der Waals surface area contributed by atoms with Crippen molar-refractivity contribution in [2.45, 2.75) is 30.2 Å². The molecule has 1 rings (SSSR count). The summed E-state index contributed by atoms with van der Waals surface area (Å²) in [7, 11) is 0. The summed E-state index contributed by atoms with van der Waals surface area (Å²) in [6.07, 6.45) is 2.70. The number of thioether (sulfide) groups is 1. The Balaban J connectivity index is 2.73. The second-order valence-corrected chi connectivity index (χ2v) is 4.16. The first-order valence-electron chi connectivity index (χ1n) is 4.58. The highest BCUT2D eigenvalue weighted by Gasteiger charge is 2.18. The van der Waals surface area contributed by atoms with Crippen molar-refractivity contribution in [2.75, 3.05) is 0 Å². The summed E-state index contributed by atoms with van der Waals surface area (Å²) in [5.74, 6) is -0.881. The Labute approximate surface area is 90.9 Å². The monoisotopic (exact) mass is 228 g/mol. The van der Waals surface area contributed by atoms with E-state index in [1.807, 2.05) is 6.92 Å². The zero-order chi connectivity index (χ0) is 11.3. The number of carboxylic acids is 1. The fraction of sp³-hybridized carbons (Fsp3) is 0.444. The van der Waals surface area contributed by atoms with Gasteiger partial charge in [-0.2, -0.15) is 0 Å². The Bertz CT molecular complexity index is 391. The van der Waals surface area contributed by atoms with Crippen molar-refractivity contribution in [1.29, 1.82) is 0 Å². The van der Waals surface area contributed by atoms with E-state index in [4.69, 9.17) is 5.11 Å². The van der Waals surface area contributed by atoms with Gasteiger partial charge in [0, 0.05) is 12.3 Å². The summed E-state index contributed by atoms with van der Waals surface area (Å²) in [4.78, 5) is 28.2. The second-order valence-electron chi connectivity index (χ2n) is 2.97. The van der Waals surface area contributed by atoms with Gasteiger partial charge in [-0.05, 0) is 6.42 Å². The first-order chi connectivity index (χ1) is 7.13. The molecule has 1 unspecified atom stereocenters. The van der Waals surface area contributed by atoms with Gasteiger partial charge >= 0.3 is 5.97 Å². The molecule has 0 bridgehead atoms. The molecular formula is C9H12N2O3S. The predicted octanol–water partition coefficient (Wildman–Crippen LogP) is 1.12. The maximum Gasteiger partial charge on any atom is 0.317 e. The van der Waals surface area contributed by atoms with Crippen LogP contribution in [0.3, 0.4) is 0 Å². The number of aromatic nitrogens is 2. The van der Waals surface area contributed by atoms with Crippen molar-refractivity contribution in [2.24, 2.45) is 0 Å². The van der Waals surface area contributed by atoms with E-state index in [0.717, 1.165) is 18.2 Å². The number of nitrogens with zero attached hydrogens (tertiary/aromatic N) is 1. The highest BCUT2D eigenvalue weighted by Crippen LogP contribution is 2.22. The number of nitrogens with one attached hydrogen (secondary N) is 1. The molecule has 1 aromatic heterocycles. The molecule has 0 saturated carbocycles. The number of hydrogen-bond acceptors (Lipinski definition) is 4. The van der Waals surface area contributed by atoms with Crippen molar-refractivity contribution in [3.63, 3.8) is 0 Å². The minimum atomic E-state index is -0.881. The third-order valence-electron chi connectivity index (χ3n) is 1.73. The molecule has 0 saturated heterocycles. The van der Waals surface area contributed by atoms with Crippen molar-refractivity contribution >= 4 is 17.7 Å². The number of carbonyl (C=O) groups is 1. The Morgan fingerprint density at radius 1 is 1.73 bits per heavy atom. The van der Waals surface area contributed by atoms with Gasteiger partial charge in [-0.15, -0.1) is 0 Å². The Kier molecular flexibility index (Phi) is 4.36. The maximum absolute atomic E-state index is 10.9. The standard InChI is InChI=1S/C9H12N2O3S/c1-2-3-6(8(13)14)15-9-10-5-4-7(12)11-9/h4-6H,2-3H2,1H3,(H,13,14)(H,10,11,12). The lowest BCUT2D eigenvalue weighted by atomic mass is 10.2. The van der Waals surface area contributed by atoms with Crippen LogP contribution < -0.4 is 5.56 Å². The Morgan fingerprint density at radius 2 is 2.47 bits per heavy atom. The molecule has 0 aliphatic carbocycles. The molecule has 6 heteroatoms. The zero-order valence-electron chi connectivity index (χ0n) is 8.27. The largest absolute Gasteiger partial charge is 0.480 e. The van der Waals surface area contributed by atoms with Crippen LogP contribution in [0.15, 0.2) is 22.2 Å². The first kappa shape index (κ1) is 11.8. The van der Waals surface area contributed by atoms with Gasteiger partial charge in [0.05, 0.1) is 0 Å². The van der Waals surface area contributed by atoms with E-state index in [1.54, 1.807) is 0 Å². The maximum atomic E-state index is 10.9. The van der Waals surface area contributed by atoms with E-state index < -0.39 is 11.2 Å². The molecule has 1 atom stereocenters. The number of H-pyrrole nitrogens is 1. The van der Waals surface area contributed by atoms with Gasteiger partial charge in [0.25, 0.3) is 5.56 Å². The molecule has 0 aliphatic heterocycles. The van der Waals surface area contributed by atoms with E-state index in [1.165, 1.54) is 12.3 Å². The highest BCUT2D eigenvalue weighted by molar-refractivity contribution is 8.00. The summed E-state index contributed by atoms with van der Waals surface area (Å²) >= 11 is 1.07. The van der Waals surface area contributed by atoms with E-state index in [2.05, 4.69) is 9.97 Å². The third-order valence-corrected chi connectivity index (χ3v) is 2.88. The van der Waals surface area contributed by atoms with Crippen molar-refractivity contribution < 1.29 is 9.90 Å². The lowest BCUT2D eigenvalue weighted by Crippen LogP contribution is -2.17. The highest BCUT2D eigenvalue weighted by atomic mass is 32.2. The molecule has 1 heterocycles. The number of rotatable bonds is 5. The quantitative estimate of drug-likeness (QED) is 0.582. The average molecular weight is 228 g/mol. The summed E-state index contributed by atoms with van der Waals surface area (Å²) < 4.78 is 0. The molecule has 0 aliphatic rings. The van der Waals surface area contributed by atoms with Crippen LogP contribution in [0.1, 0.15) is 19.8 Å². The van der Waals surface area contributed by atoms with Gasteiger partial charge in [0.15, 0.2) is 5.16 Å². The van der Waals surface area contributed by atoms with Crippen LogP contribution in [0.2, 0.25) is 0 Å². The molecule has 0 amide bonds. The van der Waals surface area contributed by atoms with Crippen molar-refractivity contribution in [1.82, 2.24) is 9.97 Å². The van der Waals surface area contributed by atoms with E-state index in [9.17, 15) is 9.59 Å². The van der Waals surface area contributed by atoms with Gasteiger partial charge in [-0.3, -0.25) is 9.59 Å². The second kappa shape index (κ2) is 5.55. The van der Waals surface area contributed by atoms with Crippen LogP contribution >= 0.6 is 11.8 Å². The Morgan fingerprint density at radius 3 is 3.00 bits per heavy atom. The minimum absolute atomic E-state index is 0.270. The summed E-state index contributed by atoms with van der Waals surface area (Å²) in [6, 6.07) is 1.29. The molecule has 82 valence electrons. The first-order valence-corrected chi connectivity index (χ1v) is 5.46. The molecule has 0 radical (unpaired) electrons. The number of hydrogen-bond donors (Lipinski definition) is 2. The van der Waals surface area contributed by atoms with Crippen molar-refractivity contribution in [3.05, 3.63) is 22.6 Å². The van der Waals surface area contributed by atoms with E-state index >= 15 is 0 Å². The van der Waals surface area contributed by atoms with Crippen LogP contribution in [-0.2, 0) is 4.79 Å². The normalized spacial score (nSPS) is 12.3. The molecule has 0 fully saturated rings. The fourth-order valence-corrected chi connectivity index (χ4v) is 2.05. The van der Waals surface area contributed by atoms with E-state index in [-0.39, 0.29) is 5.56 Å². The van der Waals surface area contributed by atoms with Gasteiger partial charge in [0.1, 0.15) is 5.25 Å². The lowest BCUT2D eigenvalue weighted by Gasteiger charge is -2.08. The molecule has 1 aromatic rings. The number of carboxylic acid groups (broad SMARTS) is 1. The summed E-state index contributed by atoms with van der Waals surface area (Å²) in [5, 5.41) is 8.69. The molecule has 0 spiro atoms. The van der Waals surface area contributed by atoms with Crippen LogP contribution in [0.25, 0.3) is 0 Å². The topological polar surface area (TPSA) is 83.0 Å². The Hall–Kier alpha value is -1.30. The molecular weight excluding hydrogens is 216 g/mol. The predicted molar refractivity (Wildman–Crippen MR) is 57.0 cm³/mol. The van der Waals surface area contributed by atoms with Crippen LogP contribution in [-0.4, -0.2) is 26.3 Å². The third kappa shape index (κ3) is 3.75. The molecule has 0 aromatic carbocycles. The smallest absolute Gasteiger partial charge is 0.317 e. The minimum Gasteiger partial charge on any atom is -0.480 e. The van der Waals surface area contributed by atoms with Gasteiger partial charge in [-0.25, -0.2) is 4.98 Å². The SMILES string of the molecule is CCCC(Sc1nccc(=O)[nH]1)C(=O)O. The van der Waals surface area contributed by atoms with Crippen LogP contribution in [0.5, 0.6) is 0 Å². The van der Waals surface area contributed by atoms with E-state index in [0.29, 0.717) is 11.6 Å². The number of aromatic amines is 1. The molecule has 15 heavy (non-hydrogen) atoms. The van der Waals surface area contributed by atoms with Gasteiger partial charge in [0.2, 0.25) is 0 Å². The summed E-state index contributed by atoms with van der Waals surface area (Å²) in [5.41, 5.74) is -0.270. The molecule has 5 nitrogen and oxygen atoms in total. The van der Waals surface area contributed by atoms with Gasteiger partial charge in [-0.1, -0.05) is 25.1 Å². The number of aliphatic carboxylic acids is 1. The van der Waals surface area contributed by atoms with Crippen LogP contribution in [0, 0.1) is 0 Å². The van der Waals surface area contributed by atoms with Crippen LogP contribution in [0.4, 0.5) is 0 Å².